The summed E-state index contributed by atoms with van der Waals surface area (Å²) in [7, 11) is 3.04. The van der Waals surface area contributed by atoms with Gasteiger partial charge < -0.3 is 38.6 Å². The summed E-state index contributed by atoms with van der Waals surface area (Å²) in [4.78, 5) is 28.3. The molecule has 0 unspecified atom stereocenters. The maximum atomic E-state index is 12.6. The van der Waals surface area contributed by atoms with Crippen molar-refractivity contribution in [2.45, 2.75) is 6.61 Å². The summed E-state index contributed by atoms with van der Waals surface area (Å²) in [6.45, 7) is 5.13. The van der Waals surface area contributed by atoms with Crippen LogP contribution in [0.4, 0.5) is 0 Å². The minimum atomic E-state index is -0.0925. The smallest absolute Gasteiger partial charge is 0.257 e. The minimum Gasteiger partial charge on any atom is -0.508 e. The Balaban J connectivity index is 0.000000201. The van der Waals surface area contributed by atoms with Crippen molar-refractivity contribution in [1.82, 2.24) is 9.80 Å². The van der Waals surface area contributed by atoms with E-state index in [9.17, 15) is 14.7 Å². The molecule has 2 heterocycles. The molecule has 3 aromatic rings. The van der Waals surface area contributed by atoms with Crippen LogP contribution < -0.4 is 14.2 Å². The number of morpholine rings is 2. The van der Waals surface area contributed by atoms with Crippen molar-refractivity contribution >= 4 is 11.8 Å². The number of benzene rings is 3. The number of hydrogen-bond donors (Lipinski definition) is 1. The first kappa shape index (κ1) is 29.7. The van der Waals surface area contributed by atoms with Gasteiger partial charge in [0.1, 0.15) is 29.6 Å². The second-order valence-corrected chi connectivity index (χ2v) is 9.33. The van der Waals surface area contributed by atoms with Gasteiger partial charge in [0.25, 0.3) is 11.8 Å². The Morgan fingerprint density at radius 1 is 0.732 bits per heavy atom. The summed E-state index contributed by atoms with van der Waals surface area (Å²) in [5, 5.41) is 9.34. The molecule has 2 saturated heterocycles. The van der Waals surface area contributed by atoms with Crippen molar-refractivity contribution in [1.29, 1.82) is 0 Å². The Hall–Kier alpha value is -4.28. The third-order valence-corrected chi connectivity index (χ3v) is 6.66. The highest BCUT2D eigenvalue weighted by atomic mass is 16.5. The van der Waals surface area contributed by atoms with E-state index in [4.69, 9.17) is 23.7 Å². The Kier molecular flexibility index (Phi) is 10.8. The maximum Gasteiger partial charge on any atom is 0.257 e. The van der Waals surface area contributed by atoms with Crippen molar-refractivity contribution < 1.29 is 38.4 Å². The van der Waals surface area contributed by atoms with Crippen LogP contribution in [0.2, 0.25) is 0 Å². The normalized spacial score (nSPS) is 14.9. The number of methoxy groups -OCH3 is 2. The van der Waals surface area contributed by atoms with Crippen LogP contribution >= 0.6 is 0 Å². The molecule has 2 aliphatic rings. The van der Waals surface area contributed by atoms with Gasteiger partial charge in [0.2, 0.25) is 0 Å². The van der Waals surface area contributed by atoms with Crippen LogP contribution in [0.15, 0.2) is 66.7 Å². The van der Waals surface area contributed by atoms with E-state index in [0.29, 0.717) is 87.6 Å². The molecule has 3 aromatic carbocycles. The average Bonchev–Trinajstić information content (AvgIpc) is 3.04. The van der Waals surface area contributed by atoms with Crippen molar-refractivity contribution in [3.8, 4) is 23.0 Å². The number of rotatable bonds is 7. The molecule has 10 heteroatoms. The third kappa shape index (κ3) is 8.12. The minimum absolute atomic E-state index is 0.0373. The molecular formula is C31H36N2O8. The quantitative estimate of drug-likeness (QED) is 0.464. The number of aromatic hydroxyl groups is 1. The summed E-state index contributed by atoms with van der Waals surface area (Å²) in [6, 6.07) is 19.8. The summed E-state index contributed by atoms with van der Waals surface area (Å²) in [5.41, 5.74) is 2.10. The molecule has 0 aliphatic carbocycles. The number of ether oxygens (including phenoxy) is 5. The Bertz CT molecular complexity index is 1290. The number of nitrogens with zero attached hydrogens (tertiary/aromatic N) is 2. The zero-order valence-electron chi connectivity index (χ0n) is 23.4. The van der Waals surface area contributed by atoms with Crippen LogP contribution in [0.1, 0.15) is 26.3 Å². The molecule has 218 valence electrons. The van der Waals surface area contributed by atoms with Crippen molar-refractivity contribution in [3.63, 3.8) is 0 Å². The highest BCUT2D eigenvalue weighted by Gasteiger charge is 2.23. The van der Waals surface area contributed by atoms with E-state index >= 15 is 0 Å². The number of phenols is 1. The Morgan fingerprint density at radius 3 is 1.78 bits per heavy atom. The molecule has 0 spiro atoms. The molecule has 0 bridgehead atoms. The predicted octanol–water partition coefficient (Wildman–Crippen LogP) is 3.62. The van der Waals surface area contributed by atoms with Gasteiger partial charge in [-0.25, -0.2) is 0 Å². The fourth-order valence-corrected chi connectivity index (χ4v) is 4.41. The van der Waals surface area contributed by atoms with E-state index in [2.05, 4.69) is 0 Å². The molecule has 2 aliphatic heterocycles. The lowest BCUT2D eigenvalue weighted by Gasteiger charge is -2.27. The molecule has 0 aromatic heterocycles. The SMILES string of the molecule is COc1cc(O)ccc1C(=O)N1CCOCC1.COc1cc(OCc2ccccc2)ccc1C(=O)N1CCOCC1. The largest absolute Gasteiger partial charge is 0.508 e. The number of phenolic OH excluding ortho intramolecular Hbond substituents is 1. The average molecular weight is 565 g/mol. The molecule has 5 rings (SSSR count). The van der Waals surface area contributed by atoms with Crippen LogP contribution in [0.3, 0.4) is 0 Å². The summed E-state index contributed by atoms with van der Waals surface area (Å²) in [6.07, 6.45) is 0. The third-order valence-electron chi connectivity index (χ3n) is 6.66. The standard InChI is InChI=1S/C19H21NO4.C12H15NO4/c1-22-18-13-16(24-14-15-5-3-2-4-6-15)7-8-17(18)19(21)20-9-11-23-12-10-20;1-16-11-8-9(14)2-3-10(11)12(15)13-4-6-17-7-5-13/h2-8,13H,9-12,14H2,1H3;2-3,8,14H,4-7H2,1H3. The number of amides is 2. The number of hydrogen-bond acceptors (Lipinski definition) is 8. The second-order valence-electron chi connectivity index (χ2n) is 9.33. The predicted molar refractivity (Wildman–Crippen MR) is 152 cm³/mol. The van der Waals surface area contributed by atoms with E-state index in [1.54, 1.807) is 41.2 Å². The zero-order chi connectivity index (χ0) is 29.0. The van der Waals surface area contributed by atoms with Crippen molar-refractivity contribution in [2.75, 3.05) is 66.8 Å². The van der Waals surface area contributed by atoms with Gasteiger partial charge >= 0.3 is 0 Å². The maximum absolute atomic E-state index is 12.6. The monoisotopic (exact) mass is 564 g/mol. The molecule has 2 amide bonds. The van der Waals surface area contributed by atoms with Gasteiger partial charge in [-0.2, -0.15) is 0 Å². The molecule has 0 atom stereocenters. The van der Waals surface area contributed by atoms with Crippen LogP contribution in [0.25, 0.3) is 0 Å². The highest BCUT2D eigenvalue weighted by Crippen LogP contribution is 2.27. The molecule has 10 nitrogen and oxygen atoms in total. The summed E-state index contributed by atoms with van der Waals surface area (Å²) < 4.78 is 26.8. The Morgan fingerprint density at radius 2 is 1.24 bits per heavy atom. The van der Waals surface area contributed by atoms with E-state index in [0.717, 1.165) is 5.56 Å². The highest BCUT2D eigenvalue weighted by molar-refractivity contribution is 5.97. The molecular weight excluding hydrogens is 528 g/mol. The van der Waals surface area contributed by atoms with Gasteiger partial charge in [-0.15, -0.1) is 0 Å². The first-order chi connectivity index (χ1) is 20.0. The zero-order valence-corrected chi connectivity index (χ0v) is 23.4. The molecule has 41 heavy (non-hydrogen) atoms. The topological polar surface area (TPSA) is 107 Å². The molecule has 1 N–H and O–H groups in total. The molecule has 0 saturated carbocycles. The molecule has 2 fully saturated rings. The fourth-order valence-electron chi connectivity index (χ4n) is 4.41. The lowest BCUT2D eigenvalue weighted by atomic mass is 10.1. The van der Waals surface area contributed by atoms with Crippen LogP contribution in [-0.2, 0) is 16.1 Å². The van der Waals surface area contributed by atoms with Crippen LogP contribution in [0, 0.1) is 0 Å². The number of carbonyl (C=O) groups is 2. The lowest BCUT2D eigenvalue weighted by Crippen LogP contribution is -2.40. The van der Waals surface area contributed by atoms with E-state index in [1.165, 1.54) is 19.2 Å². The van der Waals surface area contributed by atoms with Gasteiger partial charge in [-0.1, -0.05) is 30.3 Å². The summed E-state index contributed by atoms with van der Waals surface area (Å²) in [5.74, 6) is 1.54. The van der Waals surface area contributed by atoms with Crippen LogP contribution in [0.5, 0.6) is 23.0 Å². The van der Waals surface area contributed by atoms with E-state index in [1.807, 2.05) is 30.3 Å². The Labute approximate surface area is 239 Å². The first-order valence-corrected chi connectivity index (χ1v) is 13.5. The number of carbonyl (C=O) groups excluding carboxylic acids is 2. The first-order valence-electron chi connectivity index (χ1n) is 13.5. The lowest BCUT2D eigenvalue weighted by molar-refractivity contribution is 0.0299. The van der Waals surface area contributed by atoms with Gasteiger partial charge in [-0.05, 0) is 29.8 Å². The van der Waals surface area contributed by atoms with E-state index in [-0.39, 0.29) is 17.6 Å². The molecule has 0 radical (unpaired) electrons. The van der Waals surface area contributed by atoms with Gasteiger partial charge in [0.05, 0.1) is 51.8 Å². The van der Waals surface area contributed by atoms with Crippen molar-refractivity contribution in [3.05, 3.63) is 83.4 Å². The van der Waals surface area contributed by atoms with Gasteiger partial charge in [0, 0.05) is 38.3 Å². The fraction of sp³-hybridized carbons (Fsp3) is 0.355. The van der Waals surface area contributed by atoms with Gasteiger partial charge in [-0.3, -0.25) is 9.59 Å². The van der Waals surface area contributed by atoms with E-state index < -0.39 is 0 Å². The second kappa shape index (κ2) is 14.9. The van der Waals surface area contributed by atoms with Crippen LogP contribution in [-0.4, -0.2) is 93.5 Å². The van der Waals surface area contributed by atoms with Crippen molar-refractivity contribution in [2.24, 2.45) is 0 Å². The van der Waals surface area contributed by atoms with Gasteiger partial charge in [0.15, 0.2) is 0 Å². The summed E-state index contributed by atoms with van der Waals surface area (Å²) >= 11 is 0.